The van der Waals surface area contributed by atoms with Gasteiger partial charge in [0.05, 0.1) is 0 Å². The molecule has 0 aliphatic heterocycles. The van der Waals surface area contributed by atoms with Crippen LogP contribution in [0.5, 0.6) is 11.5 Å². The van der Waals surface area contributed by atoms with Crippen molar-refractivity contribution in [2.45, 2.75) is 45.4 Å². The highest BCUT2D eigenvalue weighted by atomic mass is 16.5. The van der Waals surface area contributed by atoms with Gasteiger partial charge in [-0.2, -0.15) is 0 Å². The van der Waals surface area contributed by atoms with Gasteiger partial charge >= 0.3 is 0 Å². The molecule has 146 valence electrons. The highest BCUT2D eigenvalue weighted by Gasteiger charge is 2.06. The molecule has 0 aliphatic rings. The Morgan fingerprint density at radius 3 is 2.11 bits per heavy atom. The smallest absolute Gasteiger partial charge is 0.127 e. The lowest BCUT2D eigenvalue weighted by Gasteiger charge is -2.13. The van der Waals surface area contributed by atoms with Crippen molar-refractivity contribution in [3.05, 3.63) is 83.9 Å². The molecule has 0 atom stereocenters. The van der Waals surface area contributed by atoms with Crippen molar-refractivity contribution in [3.8, 4) is 22.6 Å². The summed E-state index contributed by atoms with van der Waals surface area (Å²) >= 11 is 0. The highest BCUT2D eigenvalue weighted by molar-refractivity contribution is 5.64. The average Bonchev–Trinajstić information content (AvgIpc) is 2.74. The van der Waals surface area contributed by atoms with Crippen LogP contribution in [0.4, 0.5) is 0 Å². The van der Waals surface area contributed by atoms with Gasteiger partial charge in [0.15, 0.2) is 0 Å². The van der Waals surface area contributed by atoms with Gasteiger partial charge in [-0.15, -0.1) is 0 Å². The molecule has 0 unspecified atom stereocenters. The molecule has 28 heavy (non-hydrogen) atoms. The second kappa shape index (κ2) is 10.7. The molecule has 0 aromatic heterocycles. The molecular formula is C26H30O2. The van der Waals surface area contributed by atoms with Gasteiger partial charge in [-0.05, 0) is 72.2 Å². The molecule has 3 rings (SSSR count). The highest BCUT2D eigenvalue weighted by Crippen LogP contribution is 2.28. The molecular weight excluding hydrogens is 344 g/mol. The van der Waals surface area contributed by atoms with Crippen LogP contribution < -0.4 is 4.74 Å². The van der Waals surface area contributed by atoms with Crippen LogP contribution in [0.2, 0.25) is 0 Å². The summed E-state index contributed by atoms with van der Waals surface area (Å²) in [5.41, 5.74) is 5.19. The van der Waals surface area contributed by atoms with Gasteiger partial charge in [-0.3, -0.25) is 0 Å². The summed E-state index contributed by atoms with van der Waals surface area (Å²) < 4.78 is 6.12. The Bertz CT molecular complexity index is 838. The van der Waals surface area contributed by atoms with Crippen LogP contribution in [-0.4, -0.2) is 11.7 Å². The first kappa shape index (κ1) is 20.2. The normalized spacial score (nSPS) is 10.8. The van der Waals surface area contributed by atoms with Crippen molar-refractivity contribution >= 4 is 0 Å². The van der Waals surface area contributed by atoms with Gasteiger partial charge in [-0.25, -0.2) is 0 Å². The van der Waals surface area contributed by atoms with E-state index in [1.165, 1.54) is 22.3 Å². The molecule has 0 amide bonds. The van der Waals surface area contributed by atoms with Crippen LogP contribution in [0.1, 0.15) is 43.7 Å². The monoisotopic (exact) mass is 374 g/mol. The van der Waals surface area contributed by atoms with Crippen molar-refractivity contribution in [2.24, 2.45) is 0 Å². The number of ether oxygens (including phenoxy) is 1. The minimum Gasteiger partial charge on any atom is -0.457 e. The molecule has 2 nitrogen and oxygen atoms in total. The lowest BCUT2D eigenvalue weighted by atomic mass is 9.98. The van der Waals surface area contributed by atoms with Crippen LogP contribution in [0.15, 0.2) is 72.8 Å². The van der Waals surface area contributed by atoms with E-state index >= 15 is 0 Å². The SMILES string of the molecule is CCCc1cc(Oc2ccc(-c3ccccc3)cc2)ccc1CCCCCO. The van der Waals surface area contributed by atoms with Gasteiger partial charge in [-0.1, -0.05) is 68.3 Å². The van der Waals surface area contributed by atoms with E-state index in [0.29, 0.717) is 0 Å². The summed E-state index contributed by atoms with van der Waals surface area (Å²) in [6.45, 7) is 2.50. The zero-order valence-electron chi connectivity index (χ0n) is 16.7. The molecule has 0 aliphatic carbocycles. The van der Waals surface area contributed by atoms with Crippen molar-refractivity contribution < 1.29 is 9.84 Å². The van der Waals surface area contributed by atoms with Gasteiger partial charge in [0.1, 0.15) is 11.5 Å². The Kier molecular flexibility index (Phi) is 7.69. The van der Waals surface area contributed by atoms with E-state index in [9.17, 15) is 0 Å². The summed E-state index contributed by atoms with van der Waals surface area (Å²) in [5, 5.41) is 8.94. The second-order valence-corrected chi connectivity index (χ2v) is 7.21. The fraction of sp³-hybridized carbons (Fsp3) is 0.308. The minimum absolute atomic E-state index is 0.289. The molecule has 0 bridgehead atoms. The van der Waals surface area contributed by atoms with Gasteiger partial charge < -0.3 is 9.84 Å². The largest absolute Gasteiger partial charge is 0.457 e. The van der Waals surface area contributed by atoms with E-state index in [2.05, 4.69) is 61.5 Å². The molecule has 0 saturated heterocycles. The fourth-order valence-electron chi connectivity index (χ4n) is 3.50. The lowest BCUT2D eigenvalue weighted by Crippen LogP contribution is -1.96. The van der Waals surface area contributed by atoms with E-state index < -0.39 is 0 Å². The molecule has 2 heteroatoms. The first-order valence-corrected chi connectivity index (χ1v) is 10.4. The predicted octanol–water partition coefficient (Wildman–Crippen LogP) is 6.80. The Morgan fingerprint density at radius 1 is 0.679 bits per heavy atom. The molecule has 0 saturated carbocycles. The lowest BCUT2D eigenvalue weighted by molar-refractivity contribution is 0.283. The van der Waals surface area contributed by atoms with E-state index in [-0.39, 0.29) is 6.61 Å². The fourth-order valence-corrected chi connectivity index (χ4v) is 3.50. The van der Waals surface area contributed by atoms with Crippen LogP contribution >= 0.6 is 0 Å². The zero-order chi connectivity index (χ0) is 19.6. The third-order valence-electron chi connectivity index (χ3n) is 5.00. The molecule has 1 N–H and O–H groups in total. The van der Waals surface area contributed by atoms with E-state index in [1.807, 2.05) is 18.2 Å². The number of aliphatic hydroxyl groups is 1. The average molecular weight is 375 g/mol. The maximum absolute atomic E-state index is 8.94. The van der Waals surface area contributed by atoms with Crippen molar-refractivity contribution in [2.75, 3.05) is 6.61 Å². The maximum Gasteiger partial charge on any atom is 0.127 e. The molecule has 0 heterocycles. The summed E-state index contributed by atoms with van der Waals surface area (Å²) in [4.78, 5) is 0. The van der Waals surface area contributed by atoms with E-state index in [1.54, 1.807) is 0 Å². The molecule has 0 radical (unpaired) electrons. The van der Waals surface area contributed by atoms with E-state index in [0.717, 1.165) is 50.0 Å². The number of benzene rings is 3. The zero-order valence-corrected chi connectivity index (χ0v) is 16.7. The molecule has 0 spiro atoms. The van der Waals surface area contributed by atoms with Crippen LogP contribution in [-0.2, 0) is 12.8 Å². The number of hydrogen-bond donors (Lipinski definition) is 1. The first-order valence-electron chi connectivity index (χ1n) is 10.4. The Hall–Kier alpha value is -2.58. The van der Waals surface area contributed by atoms with Crippen LogP contribution in [0, 0.1) is 0 Å². The topological polar surface area (TPSA) is 29.5 Å². The van der Waals surface area contributed by atoms with Crippen molar-refractivity contribution in [1.29, 1.82) is 0 Å². The first-order chi connectivity index (χ1) is 13.8. The third-order valence-corrected chi connectivity index (χ3v) is 5.00. The molecule has 3 aromatic rings. The van der Waals surface area contributed by atoms with Crippen molar-refractivity contribution in [1.82, 2.24) is 0 Å². The van der Waals surface area contributed by atoms with Crippen molar-refractivity contribution in [3.63, 3.8) is 0 Å². The Balaban J connectivity index is 1.68. The number of aryl methyl sites for hydroxylation is 2. The quantitative estimate of drug-likeness (QED) is 0.395. The summed E-state index contributed by atoms with van der Waals surface area (Å²) in [7, 11) is 0. The Labute approximate surface area is 168 Å². The number of unbranched alkanes of at least 4 members (excludes halogenated alkanes) is 2. The number of aliphatic hydroxyl groups excluding tert-OH is 1. The summed E-state index contributed by atoms with van der Waals surface area (Å²) in [6, 6.07) is 25.1. The van der Waals surface area contributed by atoms with Crippen LogP contribution in [0.3, 0.4) is 0 Å². The second-order valence-electron chi connectivity index (χ2n) is 7.21. The third kappa shape index (κ3) is 5.71. The van der Waals surface area contributed by atoms with E-state index in [4.69, 9.17) is 9.84 Å². The molecule has 3 aromatic carbocycles. The standard InChI is InChI=1S/C26H30O2/c1-2-9-24-20-26(18-15-22(24)12-7-4-8-19-27)28-25-16-13-23(14-17-25)21-10-5-3-6-11-21/h3,5-6,10-11,13-18,20,27H,2,4,7-9,12,19H2,1H3. The summed E-state index contributed by atoms with van der Waals surface area (Å²) in [6.07, 6.45) is 6.36. The predicted molar refractivity (Wildman–Crippen MR) is 117 cm³/mol. The minimum atomic E-state index is 0.289. The van der Waals surface area contributed by atoms with Gasteiger partial charge in [0.2, 0.25) is 0 Å². The maximum atomic E-state index is 8.94. The molecule has 0 fully saturated rings. The Morgan fingerprint density at radius 2 is 1.39 bits per heavy atom. The van der Waals surface area contributed by atoms with Gasteiger partial charge in [0, 0.05) is 6.61 Å². The number of hydrogen-bond acceptors (Lipinski definition) is 2. The van der Waals surface area contributed by atoms with Crippen LogP contribution in [0.25, 0.3) is 11.1 Å². The van der Waals surface area contributed by atoms with Gasteiger partial charge in [0.25, 0.3) is 0 Å². The number of rotatable bonds is 10. The summed E-state index contributed by atoms with van der Waals surface area (Å²) in [5.74, 6) is 1.76.